The molecule has 1 amide bonds. The van der Waals surface area contributed by atoms with Crippen molar-refractivity contribution in [3.05, 3.63) is 79.6 Å². The monoisotopic (exact) mass is 564 g/mol. The van der Waals surface area contributed by atoms with Crippen molar-refractivity contribution in [1.82, 2.24) is 5.43 Å². The summed E-state index contributed by atoms with van der Waals surface area (Å²) in [6, 6.07) is 12.8. The third-order valence-electron chi connectivity index (χ3n) is 4.22. The van der Waals surface area contributed by atoms with Gasteiger partial charge in [-0.05, 0) is 64.5 Å². The van der Waals surface area contributed by atoms with Crippen LogP contribution in [0.2, 0.25) is 5.02 Å². The second-order valence-corrected chi connectivity index (χ2v) is 8.49. The summed E-state index contributed by atoms with van der Waals surface area (Å²) in [4.78, 5) is 23.5. The summed E-state index contributed by atoms with van der Waals surface area (Å²) in [7, 11) is 0. The number of fused-ring (bicyclic) bond motifs is 1. The number of nitrogens with zero attached hydrogens (tertiary/aromatic N) is 1. The summed E-state index contributed by atoms with van der Waals surface area (Å²) in [5.74, 6) is -0.793. The van der Waals surface area contributed by atoms with E-state index in [2.05, 4.69) is 42.4 Å². The molecular weight excluding hydrogens is 556 g/mol. The normalized spacial score (nSPS) is 11.3. The SMILES string of the molecule is O=C(O)c1ccc(Cl)c(-c2ccc(/C=N\NC(=O)c3cc4cc(Br)cc(Br)c4o3)o2)c1. The first-order chi connectivity index (χ1) is 14.8. The van der Waals surface area contributed by atoms with Crippen molar-refractivity contribution in [2.24, 2.45) is 5.10 Å². The summed E-state index contributed by atoms with van der Waals surface area (Å²) in [6.45, 7) is 0. The van der Waals surface area contributed by atoms with E-state index in [0.29, 0.717) is 32.2 Å². The molecule has 0 aliphatic rings. The Morgan fingerprint density at radius 1 is 1.06 bits per heavy atom. The van der Waals surface area contributed by atoms with E-state index in [0.717, 1.165) is 9.86 Å². The fourth-order valence-corrected chi connectivity index (χ4v) is 4.36. The average molecular weight is 567 g/mol. The number of rotatable bonds is 5. The van der Waals surface area contributed by atoms with Gasteiger partial charge in [-0.3, -0.25) is 4.79 Å². The smallest absolute Gasteiger partial charge is 0.335 e. The highest BCUT2D eigenvalue weighted by molar-refractivity contribution is 9.11. The highest BCUT2D eigenvalue weighted by Gasteiger charge is 2.15. The van der Waals surface area contributed by atoms with Gasteiger partial charge in [-0.25, -0.2) is 10.2 Å². The zero-order chi connectivity index (χ0) is 22.1. The lowest BCUT2D eigenvalue weighted by atomic mass is 10.1. The molecular formula is C21H11Br2ClN2O5. The maximum atomic E-state index is 12.3. The van der Waals surface area contributed by atoms with Crippen LogP contribution in [0.1, 0.15) is 26.7 Å². The van der Waals surface area contributed by atoms with Crippen molar-refractivity contribution < 1.29 is 23.5 Å². The summed E-state index contributed by atoms with van der Waals surface area (Å²) >= 11 is 12.9. The largest absolute Gasteiger partial charge is 0.478 e. The molecule has 0 bridgehead atoms. The Morgan fingerprint density at radius 3 is 2.65 bits per heavy atom. The van der Waals surface area contributed by atoms with E-state index in [4.69, 9.17) is 25.5 Å². The molecule has 31 heavy (non-hydrogen) atoms. The van der Waals surface area contributed by atoms with Gasteiger partial charge >= 0.3 is 11.9 Å². The Morgan fingerprint density at radius 2 is 1.87 bits per heavy atom. The molecule has 0 saturated heterocycles. The number of aromatic carboxylic acids is 1. The number of nitrogens with one attached hydrogen (secondary N) is 1. The predicted molar refractivity (Wildman–Crippen MR) is 123 cm³/mol. The molecule has 0 aliphatic heterocycles. The fourth-order valence-electron chi connectivity index (χ4n) is 2.81. The maximum Gasteiger partial charge on any atom is 0.335 e. The van der Waals surface area contributed by atoms with Crippen molar-refractivity contribution in [2.45, 2.75) is 0 Å². The molecule has 10 heteroatoms. The van der Waals surface area contributed by atoms with Gasteiger partial charge in [-0.1, -0.05) is 27.5 Å². The number of amides is 1. The predicted octanol–water partition coefficient (Wildman–Crippen LogP) is 6.33. The van der Waals surface area contributed by atoms with Crippen LogP contribution in [0.3, 0.4) is 0 Å². The van der Waals surface area contributed by atoms with Crippen LogP contribution in [-0.4, -0.2) is 23.2 Å². The minimum absolute atomic E-state index is 0.0859. The standard InChI is InChI=1S/C21H11Br2ClN2O5/c22-12-5-11-7-18(31-19(11)15(23)8-12)20(27)26-25-9-13-2-4-17(30-13)14-6-10(21(28)29)1-3-16(14)24/h1-9H,(H,26,27)(H,28,29)/b25-9-. The Kier molecular flexibility index (Phi) is 5.99. The van der Waals surface area contributed by atoms with E-state index in [-0.39, 0.29) is 11.3 Å². The number of furan rings is 2. The number of halogens is 3. The van der Waals surface area contributed by atoms with Gasteiger partial charge in [0.15, 0.2) is 5.76 Å². The van der Waals surface area contributed by atoms with E-state index in [1.165, 1.54) is 24.4 Å². The molecule has 2 aromatic carbocycles. The third kappa shape index (κ3) is 4.58. The van der Waals surface area contributed by atoms with Crippen LogP contribution in [0.25, 0.3) is 22.3 Å². The summed E-state index contributed by atoms with van der Waals surface area (Å²) < 4.78 is 12.8. The van der Waals surface area contributed by atoms with Gasteiger partial charge in [-0.2, -0.15) is 5.10 Å². The van der Waals surface area contributed by atoms with Gasteiger partial charge in [0, 0.05) is 15.4 Å². The van der Waals surface area contributed by atoms with Crippen molar-refractivity contribution in [1.29, 1.82) is 0 Å². The lowest BCUT2D eigenvalue weighted by Gasteiger charge is -2.02. The van der Waals surface area contributed by atoms with E-state index >= 15 is 0 Å². The molecule has 2 heterocycles. The van der Waals surface area contributed by atoms with Gasteiger partial charge in [-0.15, -0.1) is 0 Å². The lowest BCUT2D eigenvalue weighted by molar-refractivity contribution is 0.0696. The zero-order valence-electron chi connectivity index (χ0n) is 15.4. The summed E-state index contributed by atoms with van der Waals surface area (Å²) in [6.07, 6.45) is 1.31. The number of carbonyl (C=O) groups is 2. The second-order valence-electron chi connectivity index (χ2n) is 6.32. The van der Waals surface area contributed by atoms with E-state index in [1.54, 1.807) is 18.2 Å². The fraction of sp³-hybridized carbons (Fsp3) is 0. The molecule has 4 aromatic rings. The van der Waals surface area contributed by atoms with E-state index in [1.807, 2.05) is 12.1 Å². The number of hydrogen-bond acceptors (Lipinski definition) is 5. The third-order valence-corrected chi connectivity index (χ3v) is 5.60. The van der Waals surface area contributed by atoms with Crippen LogP contribution in [-0.2, 0) is 0 Å². The first kappa shape index (κ1) is 21.4. The van der Waals surface area contributed by atoms with Gasteiger partial charge < -0.3 is 13.9 Å². The molecule has 0 atom stereocenters. The molecule has 7 nitrogen and oxygen atoms in total. The molecule has 0 unspecified atom stereocenters. The van der Waals surface area contributed by atoms with Crippen LogP contribution >= 0.6 is 43.5 Å². The molecule has 156 valence electrons. The number of hydrogen-bond donors (Lipinski definition) is 2. The number of carboxylic acids is 1. The Labute approximate surface area is 196 Å². The Bertz CT molecular complexity index is 1360. The quantitative estimate of drug-likeness (QED) is 0.217. The average Bonchev–Trinajstić information content (AvgIpc) is 3.35. The van der Waals surface area contributed by atoms with Gasteiger partial charge in [0.25, 0.3) is 0 Å². The van der Waals surface area contributed by atoms with Crippen LogP contribution < -0.4 is 5.43 Å². The molecule has 0 saturated carbocycles. The van der Waals surface area contributed by atoms with Crippen molar-refractivity contribution in [3.63, 3.8) is 0 Å². The van der Waals surface area contributed by atoms with Crippen LogP contribution in [0.4, 0.5) is 0 Å². The molecule has 4 rings (SSSR count). The first-order valence-electron chi connectivity index (χ1n) is 8.67. The molecule has 0 radical (unpaired) electrons. The number of benzene rings is 2. The molecule has 2 aromatic heterocycles. The molecule has 0 aliphatic carbocycles. The number of carboxylic acid groups (broad SMARTS) is 1. The van der Waals surface area contributed by atoms with Gasteiger partial charge in [0.2, 0.25) is 0 Å². The zero-order valence-corrected chi connectivity index (χ0v) is 19.3. The van der Waals surface area contributed by atoms with E-state index < -0.39 is 11.9 Å². The highest BCUT2D eigenvalue weighted by atomic mass is 79.9. The summed E-state index contributed by atoms with van der Waals surface area (Å²) in [5.41, 5.74) is 3.44. The molecule has 0 spiro atoms. The Hall–Kier alpha value is -2.88. The lowest BCUT2D eigenvalue weighted by Crippen LogP contribution is -2.16. The van der Waals surface area contributed by atoms with Crippen molar-refractivity contribution >= 4 is 72.5 Å². The van der Waals surface area contributed by atoms with Gasteiger partial charge in [0.05, 0.1) is 21.3 Å². The number of hydrazone groups is 1. The Balaban J connectivity index is 1.49. The molecule has 2 N–H and O–H groups in total. The topological polar surface area (TPSA) is 105 Å². The minimum Gasteiger partial charge on any atom is -0.478 e. The van der Waals surface area contributed by atoms with Gasteiger partial charge in [0.1, 0.15) is 17.1 Å². The van der Waals surface area contributed by atoms with Crippen molar-refractivity contribution in [2.75, 3.05) is 0 Å². The van der Waals surface area contributed by atoms with Crippen LogP contribution in [0, 0.1) is 0 Å². The maximum absolute atomic E-state index is 12.3. The highest BCUT2D eigenvalue weighted by Crippen LogP contribution is 2.31. The van der Waals surface area contributed by atoms with Crippen LogP contribution in [0.15, 0.2) is 71.4 Å². The first-order valence-corrected chi connectivity index (χ1v) is 10.6. The van der Waals surface area contributed by atoms with Crippen LogP contribution in [0.5, 0.6) is 0 Å². The minimum atomic E-state index is -1.07. The van der Waals surface area contributed by atoms with Crippen molar-refractivity contribution in [3.8, 4) is 11.3 Å². The number of carbonyl (C=O) groups excluding carboxylic acids is 1. The summed E-state index contributed by atoms with van der Waals surface area (Å²) in [5, 5.41) is 14.1. The van der Waals surface area contributed by atoms with E-state index in [9.17, 15) is 9.59 Å². The second kappa shape index (κ2) is 8.70. The molecule has 0 fully saturated rings.